The Balaban J connectivity index is 1.32. The third-order valence-electron chi connectivity index (χ3n) is 5.69. The minimum Gasteiger partial charge on any atom is -0.454 e. The number of urea groups is 1. The predicted octanol–water partition coefficient (Wildman–Crippen LogP) is 4.06. The molecule has 2 heterocycles. The Bertz CT molecular complexity index is 1280. The Morgan fingerprint density at radius 1 is 1.14 bits per heavy atom. The Hall–Kier alpha value is -4.09. The van der Waals surface area contributed by atoms with E-state index in [0.29, 0.717) is 12.2 Å². The number of benzene rings is 2. The number of likely N-dealkylation sites (tertiary alicyclic amines) is 1. The van der Waals surface area contributed by atoms with E-state index in [1.54, 1.807) is 11.0 Å². The minimum atomic E-state index is -0.659. The van der Waals surface area contributed by atoms with Gasteiger partial charge in [-0.3, -0.25) is 10.1 Å². The summed E-state index contributed by atoms with van der Waals surface area (Å²) in [6.07, 6.45) is 3.17. The SMILES string of the molecule is O=C(Cc1ccccc1)NC(=S)Nc1ccc(Oc2ccnc(NC(=O)N3CCC[C@H]3CO)c2)c(F)c1. The molecule has 0 spiro atoms. The molecule has 1 aliphatic heterocycles. The van der Waals surface area contributed by atoms with Crippen LogP contribution in [0.5, 0.6) is 11.5 Å². The van der Waals surface area contributed by atoms with Gasteiger partial charge in [0.25, 0.3) is 0 Å². The number of ether oxygens (including phenoxy) is 1. The normalized spacial score (nSPS) is 14.6. The first-order valence-electron chi connectivity index (χ1n) is 11.7. The first kappa shape index (κ1) is 26.0. The Kier molecular flexibility index (Phi) is 8.60. The standard InChI is InChI=1S/C26H26FN5O4S/c27-21-14-18(29-25(37)31-24(34)13-17-5-2-1-3-6-17)8-9-22(21)36-20-10-11-28-23(15-20)30-26(35)32-12-4-7-19(32)16-33/h1-3,5-6,8-11,14-15,19,33H,4,7,12-13,16H2,(H,28,30,35)(H2,29,31,34,37)/t19-/m0/s1. The molecule has 9 nitrogen and oxygen atoms in total. The van der Waals surface area contributed by atoms with Crippen molar-refractivity contribution in [3.8, 4) is 11.5 Å². The lowest BCUT2D eigenvalue weighted by Crippen LogP contribution is -2.40. The Labute approximate surface area is 218 Å². The molecule has 1 saturated heterocycles. The molecular weight excluding hydrogens is 497 g/mol. The molecule has 4 rings (SSSR count). The van der Waals surface area contributed by atoms with Crippen LogP contribution in [0.25, 0.3) is 0 Å². The lowest BCUT2D eigenvalue weighted by atomic mass is 10.1. The highest BCUT2D eigenvalue weighted by molar-refractivity contribution is 7.80. The summed E-state index contributed by atoms with van der Waals surface area (Å²) >= 11 is 5.16. The van der Waals surface area contributed by atoms with Crippen molar-refractivity contribution >= 4 is 40.8 Å². The molecule has 1 aliphatic rings. The molecule has 1 aromatic heterocycles. The van der Waals surface area contributed by atoms with Gasteiger partial charge in [-0.2, -0.15) is 0 Å². The van der Waals surface area contributed by atoms with Crippen LogP contribution in [0.15, 0.2) is 66.9 Å². The maximum Gasteiger partial charge on any atom is 0.323 e. The molecule has 0 radical (unpaired) electrons. The van der Waals surface area contributed by atoms with Gasteiger partial charge < -0.3 is 25.4 Å². The highest BCUT2D eigenvalue weighted by atomic mass is 32.1. The number of thiocarbonyl (C=S) groups is 1. The zero-order valence-electron chi connectivity index (χ0n) is 19.8. The number of carbonyl (C=O) groups is 2. The molecule has 3 amide bonds. The summed E-state index contributed by atoms with van der Waals surface area (Å²) in [6.45, 7) is 0.456. The van der Waals surface area contributed by atoms with Gasteiger partial charge in [-0.1, -0.05) is 30.3 Å². The second kappa shape index (κ2) is 12.2. The second-order valence-electron chi connectivity index (χ2n) is 8.39. The Morgan fingerprint density at radius 3 is 2.70 bits per heavy atom. The summed E-state index contributed by atoms with van der Waals surface area (Å²) in [5.74, 6) is -0.488. The number of amides is 3. The van der Waals surface area contributed by atoms with Crippen LogP contribution in [-0.4, -0.2) is 51.2 Å². The Morgan fingerprint density at radius 2 is 1.95 bits per heavy atom. The van der Waals surface area contributed by atoms with E-state index in [2.05, 4.69) is 20.9 Å². The van der Waals surface area contributed by atoms with E-state index in [9.17, 15) is 19.1 Å². The number of carbonyl (C=O) groups excluding carboxylic acids is 2. The zero-order chi connectivity index (χ0) is 26.2. The number of aromatic nitrogens is 1. The highest BCUT2D eigenvalue weighted by Crippen LogP contribution is 2.28. The van der Waals surface area contributed by atoms with Gasteiger partial charge in [-0.15, -0.1) is 0 Å². The molecule has 3 aromatic rings. The summed E-state index contributed by atoms with van der Waals surface area (Å²) in [5.41, 5.74) is 1.18. The number of aliphatic hydroxyl groups excluding tert-OH is 1. The fourth-order valence-electron chi connectivity index (χ4n) is 3.92. The van der Waals surface area contributed by atoms with Gasteiger partial charge in [-0.05, 0) is 48.8 Å². The smallest absolute Gasteiger partial charge is 0.323 e. The van der Waals surface area contributed by atoms with Gasteiger partial charge in [0.2, 0.25) is 5.91 Å². The van der Waals surface area contributed by atoms with Crippen LogP contribution in [0, 0.1) is 5.82 Å². The van der Waals surface area contributed by atoms with Gasteiger partial charge in [0, 0.05) is 30.6 Å². The van der Waals surface area contributed by atoms with Crippen molar-refractivity contribution < 1.29 is 23.8 Å². The molecule has 1 atom stereocenters. The fourth-order valence-corrected chi connectivity index (χ4v) is 4.15. The molecule has 2 aromatic carbocycles. The van der Waals surface area contributed by atoms with Crippen LogP contribution in [0.2, 0.25) is 0 Å². The van der Waals surface area contributed by atoms with Crippen LogP contribution in [0.3, 0.4) is 0 Å². The second-order valence-corrected chi connectivity index (χ2v) is 8.80. The molecule has 192 valence electrons. The highest BCUT2D eigenvalue weighted by Gasteiger charge is 2.28. The molecular formula is C26H26FN5O4S. The van der Waals surface area contributed by atoms with Crippen LogP contribution < -0.4 is 20.7 Å². The number of anilines is 2. The lowest BCUT2D eigenvalue weighted by molar-refractivity contribution is -0.119. The lowest BCUT2D eigenvalue weighted by Gasteiger charge is -2.23. The molecule has 4 N–H and O–H groups in total. The first-order chi connectivity index (χ1) is 17.9. The van der Waals surface area contributed by atoms with E-state index in [4.69, 9.17) is 17.0 Å². The topological polar surface area (TPSA) is 116 Å². The zero-order valence-corrected chi connectivity index (χ0v) is 20.6. The number of hydrogen-bond acceptors (Lipinski definition) is 6. The number of nitrogens with zero attached hydrogens (tertiary/aromatic N) is 2. The molecule has 0 unspecified atom stereocenters. The van der Waals surface area contributed by atoms with Crippen molar-refractivity contribution in [3.63, 3.8) is 0 Å². The average molecular weight is 524 g/mol. The van der Waals surface area contributed by atoms with Crippen molar-refractivity contribution in [1.29, 1.82) is 0 Å². The summed E-state index contributed by atoms with van der Waals surface area (Å²) < 4.78 is 20.4. The summed E-state index contributed by atoms with van der Waals surface area (Å²) in [6, 6.07) is 15.8. The maximum atomic E-state index is 14.7. The van der Waals surface area contributed by atoms with Crippen molar-refractivity contribution in [3.05, 3.63) is 78.2 Å². The number of pyridine rings is 1. The molecule has 11 heteroatoms. The number of aliphatic hydroxyl groups is 1. The third-order valence-corrected chi connectivity index (χ3v) is 5.90. The number of rotatable bonds is 7. The van der Waals surface area contributed by atoms with Gasteiger partial charge >= 0.3 is 6.03 Å². The number of nitrogens with one attached hydrogen (secondary N) is 3. The predicted molar refractivity (Wildman–Crippen MR) is 141 cm³/mol. The number of hydrogen-bond donors (Lipinski definition) is 4. The average Bonchev–Trinajstić information content (AvgIpc) is 3.36. The van der Waals surface area contributed by atoms with Gasteiger partial charge in [0.1, 0.15) is 11.6 Å². The van der Waals surface area contributed by atoms with E-state index in [1.807, 2.05) is 30.3 Å². The molecule has 37 heavy (non-hydrogen) atoms. The molecule has 0 bridgehead atoms. The molecule has 0 aliphatic carbocycles. The van der Waals surface area contributed by atoms with Crippen molar-refractivity contribution in [2.75, 3.05) is 23.8 Å². The largest absolute Gasteiger partial charge is 0.454 e. The summed E-state index contributed by atoms with van der Waals surface area (Å²) in [4.78, 5) is 30.3. The van der Waals surface area contributed by atoms with Crippen molar-refractivity contribution in [1.82, 2.24) is 15.2 Å². The van der Waals surface area contributed by atoms with E-state index in [0.717, 1.165) is 18.4 Å². The van der Waals surface area contributed by atoms with Crippen LogP contribution in [0.4, 0.5) is 20.7 Å². The number of halogens is 1. The van der Waals surface area contributed by atoms with E-state index in [1.165, 1.54) is 30.5 Å². The first-order valence-corrected chi connectivity index (χ1v) is 12.1. The van der Waals surface area contributed by atoms with Gasteiger partial charge in [-0.25, -0.2) is 14.2 Å². The van der Waals surface area contributed by atoms with Crippen LogP contribution >= 0.6 is 12.2 Å². The van der Waals surface area contributed by atoms with Crippen molar-refractivity contribution in [2.24, 2.45) is 0 Å². The molecule has 1 fully saturated rings. The van der Waals surface area contributed by atoms with E-state index >= 15 is 0 Å². The molecule has 0 saturated carbocycles. The summed E-state index contributed by atoms with van der Waals surface area (Å²) in [5, 5.41) is 17.5. The van der Waals surface area contributed by atoms with E-state index < -0.39 is 5.82 Å². The van der Waals surface area contributed by atoms with Gasteiger partial charge in [0.15, 0.2) is 16.7 Å². The van der Waals surface area contributed by atoms with Gasteiger partial charge in [0.05, 0.1) is 19.1 Å². The third kappa shape index (κ3) is 7.21. The summed E-state index contributed by atoms with van der Waals surface area (Å²) in [7, 11) is 0. The quantitative estimate of drug-likeness (QED) is 0.345. The van der Waals surface area contributed by atoms with E-state index in [-0.39, 0.29) is 53.4 Å². The van der Waals surface area contributed by atoms with Crippen LogP contribution in [0.1, 0.15) is 18.4 Å². The minimum absolute atomic E-state index is 0.0463. The van der Waals surface area contributed by atoms with Crippen LogP contribution in [-0.2, 0) is 11.2 Å². The van der Waals surface area contributed by atoms with Crippen molar-refractivity contribution in [2.45, 2.75) is 25.3 Å². The monoisotopic (exact) mass is 523 g/mol. The maximum absolute atomic E-state index is 14.7. The fraction of sp³-hybridized carbons (Fsp3) is 0.231.